The fourth-order valence-corrected chi connectivity index (χ4v) is 1.63. The second-order valence-corrected chi connectivity index (χ2v) is 4.46. The summed E-state index contributed by atoms with van der Waals surface area (Å²) in [5.74, 6) is -0.917. The second kappa shape index (κ2) is 12.2. The van der Waals surface area contributed by atoms with Crippen molar-refractivity contribution in [2.75, 3.05) is 13.2 Å². The number of rotatable bonds is 12. The molecule has 4 nitrogen and oxygen atoms in total. The van der Waals surface area contributed by atoms with Gasteiger partial charge in [-0.15, -0.1) is 6.58 Å². The van der Waals surface area contributed by atoms with E-state index in [0.717, 1.165) is 44.3 Å². The van der Waals surface area contributed by atoms with Crippen LogP contribution in [0.4, 0.5) is 0 Å². The highest BCUT2D eigenvalue weighted by Gasteiger charge is 2.13. The topological polar surface area (TPSA) is 52.6 Å². The van der Waals surface area contributed by atoms with Crippen molar-refractivity contribution in [3.8, 4) is 0 Å². The summed E-state index contributed by atoms with van der Waals surface area (Å²) < 4.78 is 10.0. The van der Waals surface area contributed by atoms with E-state index in [1.54, 1.807) is 0 Å². The van der Waals surface area contributed by atoms with E-state index in [0.29, 0.717) is 0 Å². The van der Waals surface area contributed by atoms with Crippen LogP contribution in [-0.4, -0.2) is 25.2 Å². The number of allylic oxidation sites excluding steroid dienone is 1. The molecule has 0 bridgehead atoms. The van der Waals surface area contributed by atoms with E-state index in [1.165, 1.54) is 0 Å². The van der Waals surface area contributed by atoms with Crippen molar-refractivity contribution in [3.63, 3.8) is 0 Å². The number of carbonyl (C=O) groups excluding carboxylic acids is 2. The smallest absolute Gasteiger partial charge is 0.330 e. The zero-order valence-electron chi connectivity index (χ0n) is 12.0. The van der Waals surface area contributed by atoms with Crippen LogP contribution in [0.3, 0.4) is 0 Å². The fourth-order valence-electron chi connectivity index (χ4n) is 1.63. The minimum Gasteiger partial charge on any atom is -0.462 e. The van der Waals surface area contributed by atoms with Gasteiger partial charge in [-0.25, -0.2) is 9.59 Å². The summed E-state index contributed by atoms with van der Waals surface area (Å²) in [4.78, 5) is 22.1. The van der Waals surface area contributed by atoms with Crippen LogP contribution in [-0.2, 0) is 19.1 Å². The van der Waals surface area contributed by atoms with Gasteiger partial charge in [0.1, 0.15) is 0 Å². The number of hydrogen-bond donors (Lipinski definition) is 0. The number of carbonyl (C=O) groups is 2. The zero-order valence-corrected chi connectivity index (χ0v) is 12.0. The van der Waals surface area contributed by atoms with Gasteiger partial charge in [-0.2, -0.15) is 0 Å². The summed E-state index contributed by atoms with van der Waals surface area (Å²) in [6.07, 6.45) is 9.15. The van der Waals surface area contributed by atoms with E-state index in [2.05, 4.69) is 19.7 Å². The second-order valence-electron chi connectivity index (χ2n) is 4.46. The summed E-state index contributed by atoms with van der Waals surface area (Å²) in [7, 11) is 0. The van der Waals surface area contributed by atoms with Gasteiger partial charge < -0.3 is 9.47 Å². The summed E-state index contributed by atoms with van der Waals surface area (Å²) in [5, 5.41) is 0. The molecule has 0 fully saturated rings. The third kappa shape index (κ3) is 10.1. The summed E-state index contributed by atoms with van der Waals surface area (Å²) in [6, 6.07) is 0. The van der Waals surface area contributed by atoms with Gasteiger partial charge in [0.25, 0.3) is 0 Å². The van der Waals surface area contributed by atoms with Crippen molar-refractivity contribution in [3.05, 3.63) is 38.0 Å². The van der Waals surface area contributed by atoms with Gasteiger partial charge in [-0.3, -0.25) is 0 Å². The molecule has 0 aliphatic rings. The lowest BCUT2D eigenvalue weighted by Crippen LogP contribution is -2.20. The number of hydrogen-bond acceptors (Lipinski definition) is 4. The summed E-state index contributed by atoms with van der Waals surface area (Å²) in [6.45, 7) is 10.8. The van der Waals surface area contributed by atoms with E-state index in [4.69, 9.17) is 9.47 Å². The maximum atomic E-state index is 11.1. The molecule has 0 spiro atoms. The minimum absolute atomic E-state index is 0.00605. The standard InChI is InChI=1S/C16H24O4/c1-4-7-8-9-10-11-14(12-19-15(17)5-2)13-20-16(18)6-3/h4-6,14H,1-3,7-13H2. The highest BCUT2D eigenvalue weighted by atomic mass is 16.5. The molecule has 0 aromatic carbocycles. The van der Waals surface area contributed by atoms with Gasteiger partial charge in [0.15, 0.2) is 0 Å². The van der Waals surface area contributed by atoms with Gasteiger partial charge >= 0.3 is 11.9 Å². The monoisotopic (exact) mass is 280 g/mol. The molecule has 0 amide bonds. The molecule has 112 valence electrons. The first kappa shape index (κ1) is 18.2. The largest absolute Gasteiger partial charge is 0.462 e. The first-order chi connectivity index (χ1) is 9.63. The van der Waals surface area contributed by atoms with Crippen LogP contribution in [0.2, 0.25) is 0 Å². The molecule has 0 saturated heterocycles. The van der Waals surface area contributed by atoms with Gasteiger partial charge in [0, 0.05) is 18.1 Å². The van der Waals surface area contributed by atoms with E-state index >= 15 is 0 Å². The SMILES string of the molecule is C=CCCCCCC(COC(=O)C=C)COC(=O)C=C. The maximum absolute atomic E-state index is 11.1. The third-order valence-corrected chi connectivity index (χ3v) is 2.78. The van der Waals surface area contributed by atoms with Crippen LogP contribution < -0.4 is 0 Å². The van der Waals surface area contributed by atoms with Crippen LogP contribution in [0.25, 0.3) is 0 Å². The van der Waals surface area contributed by atoms with Crippen LogP contribution in [0.15, 0.2) is 38.0 Å². The van der Waals surface area contributed by atoms with E-state index in [-0.39, 0.29) is 19.1 Å². The summed E-state index contributed by atoms with van der Waals surface area (Å²) >= 11 is 0. The van der Waals surface area contributed by atoms with Crippen molar-refractivity contribution >= 4 is 11.9 Å². The Morgan fingerprint density at radius 3 is 1.90 bits per heavy atom. The normalized spacial score (nSPS) is 9.85. The van der Waals surface area contributed by atoms with E-state index in [9.17, 15) is 9.59 Å². The molecule has 0 N–H and O–H groups in total. The summed E-state index contributed by atoms with van der Waals surface area (Å²) in [5.41, 5.74) is 0. The molecular weight excluding hydrogens is 256 g/mol. The Morgan fingerprint density at radius 2 is 1.45 bits per heavy atom. The molecule has 0 unspecified atom stereocenters. The molecule has 0 aromatic rings. The number of unbranched alkanes of at least 4 members (excludes halogenated alkanes) is 3. The first-order valence-corrected chi connectivity index (χ1v) is 6.83. The fraction of sp³-hybridized carbons (Fsp3) is 0.500. The predicted octanol–water partition coefficient (Wildman–Crippen LogP) is 3.20. The van der Waals surface area contributed by atoms with Crippen molar-refractivity contribution in [2.45, 2.75) is 32.1 Å². The molecule has 0 rings (SSSR count). The van der Waals surface area contributed by atoms with Gasteiger partial charge in [-0.05, 0) is 19.3 Å². The highest BCUT2D eigenvalue weighted by Crippen LogP contribution is 2.13. The van der Waals surface area contributed by atoms with Gasteiger partial charge in [-0.1, -0.05) is 32.1 Å². The third-order valence-electron chi connectivity index (χ3n) is 2.78. The molecule has 0 heterocycles. The minimum atomic E-state index is -0.461. The predicted molar refractivity (Wildman–Crippen MR) is 79.1 cm³/mol. The maximum Gasteiger partial charge on any atom is 0.330 e. The van der Waals surface area contributed by atoms with Gasteiger partial charge in [0.05, 0.1) is 13.2 Å². The zero-order chi connectivity index (χ0) is 15.2. The average molecular weight is 280 g/mol. The number of ether oxygens (including phenoxy) is 2. The van der Waals surface area contributed by atoms with Gasteiger partial charge in [0.2, 0.25) is 0 Å². The van der Waals surface area contributed by atoms with Crippen molar-refractivity contribution < 1.29 is 19.1 Å². The molecule has 0 aliphatic heterocycles. The Balaban J connectivity index is 4.05. The van der Waals surface area contributed by atoms with Crippen LogP contribution in [0.5, 0.6) is 0 Å². The Hall–Kier alpha value is -1.84. The molecule has 0 aromatic heterocycles. The lowest BCUT2D eigenvalue weighted by Gasteiger charge is -2.16. The molecule has 4 heteroatoms. The molecule has 20 heavy (non-hydrogen) atoms. The van der Waals surface area contributed by atoms with Crippen molar-refractivity contribution in [1.29, 1.82) is 0 Å². The lowest BCUT2D eigenvalue weighted by molar-refractivity contribution is -0.143. The molecule has 0 aliphatic carbocycles. The Bertz CT molecular complexity index is 309. The molecule has 0 saturated carbocycles. The van der Waals surface area contributed by atoms with Crippen LogP contribution in [0.1, 0.15) is 32.1 Å². The molecule has 0 atom stereocenters. The quantitative estimate of drug-likeness (QED) is 0.238. The molecular formula is C16H24O4. The molecule has 0 radical (unpaired) electrons. The van der Waals surface area contributed by atoms with Crippen LogP contribution in [0, 0.1) is 5.92 Å². The Labute approximate surface area is 121 Å². The lowest BCUT2D eigenvalue weighted by atomic mass is 10.0. The Kier molecular flexibility index (Phi) is 11.1. The van der Waals surface area contributed by atoms with Crippen molar-refractivity contribution in [1.82, 2.24) is 0 Å². The first-order valence-electron chi connectivity index (χ1n) is 6.83. The number of esters is 2. The highest BCUT2D eigenvalue weighted by molar-refractivity contribution is 5.81. The Morgan fingerprint density at radius 1 is 0.900 bits per heavy atom. The van der Waals surface area contributed by atoms with E-state index in [1.807, 2.05) is 6.08 Å². The van der Waals surface area contributed by atoms with Crippen LogP contribution >= 0.6 is 0 Å². The average Bonchev–Trinajstić information content (AvgIpc) is 2.47. The van der Waals surface area contributed by atoms with E-state index < -0.39 is 11.9 Å². The van der Waals surface area contributed by atoms with Crippen molar-refractivity contribution in [2.24, 2.45) is 5.92 Å².